The number of nitrogens with two attached hydrogens (primary N) is 1. The van der Waals surface area contributed by atoms with E-state index in [2.05, 4.69) is 31.1 Å². The van der Waals surface area contributed by atoms with Crippen LogP contribution in [0.4, 0.5) is 5.69 Å². The van der Waals surface area contributed by atoms with Crippen LogP contribution in [0.25, 0.3) is 0 Å². The van der Waals surface area contributed by atoms with Crippen LogP contribution in [0.3, 0.4) is 0 Å². The summed E-state index contributed by atoms with van der Waals surface area (Å²) in [6.07, 6.45) is 8.44. The van der Waals surface area contributed by atoms with Gasteiger partial charge in [-0.3, -0.25) is 0 Å². The number of hydrogen-bond donors (Lipinski definition) is 2. The normalized spacial score (nSPS) is 17.2. The van der Waals surface area contributed by atoms with E-state index in [1.54, 1.807) is 0 Å². The second-order valence-corrected chi connectivity index (χ2v) is 6.79. The summed E-state index contributed by atoms with van der Waals surface area (Å²) in [6.45, 7) is 7.91. The summed E-state index contributed by atoms with van der Waals surface area (Å²) in [5.41, 5.74) is 7.88. The van der Waals surface area contributed by atoms with E-state index in [4.69, 9.17) is 10.7 Å². The van der Waals surface area contributed by atoms with Crippen molar-refractivity contribution >= 4 is 5.69 Å². The molecule has 0 aromatic carbocycles. The highest BCUT2D eigenvalue weighted by molar-refractivity contribution is 5.48. The lowest BCUT2D eigenvalue weighted by Gasteiger charge is -2.26. The third kappa shape index (κ3) is 3.69. The minimum atomic E-state index is -0.00415. The molecule has 20 heavy (non-hydrogen) atoms. The van der Waals surface area contributed by atoms with Crippen LogP contribution in [0.15, 0.2) is 6.20 Å². The Bertz CT molecular complexity index is 431. The number of nitrogens with one attached hydrogen (secondary N) is 1. The number of rotatable bonds is 4. The molecule has 1 aliphatic rings. The van der Waals surface area contributed by atoms with E-state index < -0.39 is 0 Å². The van der Waals surface area contributed by atoms with Crippen LogP contribution < -0.4 is 11.1 Å². The lowest BCUT2D eigenvalue weighted by Crippen LogP contribution is -2.21. The van der Waals surface area contributed by atoms with Crippen LogP contribution in [0, 0.1) is 0 Å². The zero-order chi connectivity index (χ0) is 14.6. The van der Waals surface area contributed by atoms with Gasteiger partial charge in [0.1, 0.15) is 5.82 Å². The van der Waals surface area contributed by atoms with Crippen LogP contribution in [-0.4, -0.2) is 23.1 Å². The van der Waals surface area contributed by atoms with Crippen molar-refractivity contribution in [1.29, 1.82) is 0 Å². The van der Waals surface area contributed by atoms with Gasteiger partial charge in [0.15, 0.2) is 0 Å². The first-order chi connectivity index (χ1) is 9.52. The third-order valence-corrected chi connectivity index (χ3v) is 3.94. The molecular formula is C16H28N4. The monoisotopic (exact) mass is 276 g/mol. The van der Waals surface area contributed by atoms with E-state index in [9.17, 15) is 0 Å². The van der Waals surface area contributed by atoms with Crippen LogP contribution in [0.5, 0.6) is 0 Å². The van der Waals surface area contributed by atoms with Gasteiger partial charge >= 0.3 is 0 Å². The van der Waals surface area contributed by atoms with E-state index in [0.717, 1.165) is 18.1 Å². The van der Waals surface area contributed by atoms with Gasteiger partial charge in [-0.05, 0) is 12.8 Å². The Labute approximate surface area is 122 Å². The fraction of sp³-hybridized carbons (Fsp3) is 0.750. The third-order valence-electron chi connectivity index (χ3n) is 3.94. The van der Waals surface area contributed by atoms with E-state index in [1.165, 1.54) is 37.8 Å². The highest BCUT2D eigenvalue weighted by atomic mass is 15.0. The minimum Gasteiger partial charge on any atom is -0.381 e. The van der Waals surface area contributed by atoms with Crippen LogP contribution in [0.2, 0.25) is 0 Å². The smallest absolute Gasteiger partial charge is 0.134 e. The molecule has 0 saturated heterocycles. The molecule has 0 amide bonds. The van der Waals surface area contributed by atoms with Gasteiger partial charge in [-0.1, -0.05) is 40.0 Å². The molecule has 0 aliphatic heterocycles. The maximum Gasteiger partial charge on any atom is 0.134 e. The Kier molecular flexibility index (Phi) is 4.97. The zero-order valence-electron chi connectivity index (χ0n) is 13.1. The summed E-state index contributed by atoms with van der Waals surface area (Å²) in [7, 11) is 0. The van der Waals surface area contributed by atoms with Crippen molar-refractivity contribution in [2.45, 2.75) is 64.2 Å². The van der Waals surface area contributed by atoms with Crippen LogP contribution in [0.1, 0.15) is 70.3 Å². The lowest BCUT2D eigenvalue weighted by molar-refractivity contribution is 0.432. The van der Waals surface area contributed by atoms with Crippen molar-refractivity contribution in [3.05, 3.63) is 17.7 Å². The van der Waals surface area contributed by atoms with E-state index in [-0.39, 0.29) is 5.41 Å². The highest BCUT2D eigenvalue weighted by Gasteiger charge is 2.24. The van der Waals surface area contributed by atoms with Crippen molar-refractivity contribution in [1.82, 2.24) is 9.97 Å². The van der Waals surface area contributed by atoms with E-state index in [1.807, 2.05) is 6.20 Å². The van der Waals surface area contributed by atoms with Gasteiger partial charge in [0.05, 0.1) is 17.6 Å². The van der Waals surface area contributed by atoms with Gasteiger partial charge in [0, 0.05) is 24.4 Å². The first kappa shape index (κ1) is 15.2. The second kappa shape index (κ2) is 6.53. The molecule has 4 heteroatoms. The zero-order valence-corrected chi connectivity index (χ0v) is 13.1. The molecule has 0 atom stereocenters. The molecule has 0 radical (unpaired) electrons. The molecule has 1 aromatic heterocycles. The summed E-state index contributed by atoms with van der Waals surface area (Å²) in [6, 6.07) is 0. The van der Waals surface area contributed by atoms with Gasteiger partial charge < -0.3 is 11.1 Å². The number of aromatic nitrogens is 2. The van der Waals surface area contributed by atoms with Crippen molar-refractivity contribution in [2.24, 2.45) is 5.73 Å². The Hall–Kier alpha value is -1.16. The number of hydrogen-bond acceptors (Lipinski definition) is 4. The van der Waals surface area contributed by atoms with Gasteiger partial charge in [-0.2, -0.15) is 0 Å². The Morgan fingerprint density at radius 2 is 1.95 bits per heavy atom. The maximum absolute atomic E-state index is 5.60. The quantitative estimate of drug-likeness (QED) is 0.886. The molecule has 1 saturated carbocycles. The number of anilines is 1. The minimum absolute atomic E-state index is 0.00415. The van der Waals surface area contributed by atoms with Gasteiger partial charge in [-0.15, -0.1) is 0 Å². The standard InChI is InChI=1S/C16H28N4/c1-16(2,3)15-19-11-13(18-10-9-17)14(20-15)12-7-5-4-6-8-12/h11-12,18H,4-10,17H2,1-3H3. The molecule has 2 rings (SSSR count). The molecule has 1 aromatic rings. The summed E-state index contributed by atoms with van der Waals surface area (Å²) in [5.74, 6) is 1.52. The fourth-order valence-corrected chi connectivity index (χ4v) is 2.79. The second-order valence-electron chi connectivity index (χ2n) is 6.79. The molecule has 3 N–H and O–H groups in total. The van der Waals surface area contributed by atoms with Crippen molar-refractivity contribution in [3.8, 4) is 0 Å². The first-order valence-corrected chi connectivity index (χ1v) is 7.83. The predicted octanol–water partition coefficient (Wildman–Crippen LogP) is 3.19. The summed E-state index contributed by atoms with van der Waals surface area (Å²) in [5, 5.41) is 3.39. The average Bonchev–Trinajstić information content (AvgIpc) is 2.45. The van der Waals surface area contributed by atoms with Gasteiger partial charge in [0.25, 0.3) is 0 Å². The average molecular weight is 276 g/mol. The molecule has 1 fully saturated rings. The Morgan fingerprint density at radius 3 is 2.55 bits per heavy atom. The van der Waals surface area contributed by atoms with E-state index >= 15 is 0 Å². The predicted molar refractivity (Wildman–Crippen MR) is 84.1 cm³/mol. The van der Waals surface area contributed by atoms with Crippen molar-refractivity contribution in [2.75, 3.05) is 18.4 Å². The fourth-order valence-electron chi connectivity index (χ4n) is 2.79. The largest absolute Gasteiger partial charge is 0.381 e. The molecule has 0 spiro atoms. The van der Waals surface area contributed by atoms with Crippen LogP contribution in [-0.2, 0) is 5.41 Å². The van der Waals surface area contributed by atoms with Crippen LogP contribution >= 0.6 is 0 Å². The topological polar surface area (TPSA) is 63.8 Å². The molecule has 0 unspecified atom stereocenters. The summed E-state index contributed by atoms with van der Waals surface area (Å²) in [4.78, 5) is 9.45. The SMILES string of the molecule is CC(C)(C)c1ncc(NCCN)c(C2CCCCC2)n1. The molecule has 1 aliphatic carbocycles. The lowest BCUT2D eigenvalue weighted by atomic mass is 9.85. The van der Waals surface area contributed by atoms with E-state index in [0.29, 0.717) is 12.5 Å². The highest BCUT2D eigenvalue weighted by Crippen LogP contribution is 2.35. The molecule has 0 bridgehead atoms. The maximum atomic E-state index is 5.60. The van der Waals surface area contributed by atoms with Gasteiger partial charge in [0.2, 0.25) is 0 Å². The molecule has 1 heterocycles. The van der Waals surface area contributed by atoms with Crippen molar-refractivity contribution < 1.29 is 0 Å². The Balaban J connectivity index is 2.31. The van der Waals surface area contributed by atoms with Crippen molar-refractivity contribution in [3.63, 3.8) is 0 Å². The summed E-state index contributed by atoms with van der Waals surface area (Å²) >= 11 is 0. The molecular weight excluding hydrogens is 248 g/mol. The molecule has 112 valence electrons. The van der Waals surface area contributed by atoms with Gasteiger partial charge in [-0.25, -0.2) is 9.97 Å². The molecule has 4 nitrogen and oxygen atoms in total. The Morgan fingerprint density at radius 1 is 1.25 bits per heavy atom. The first-order valence-electron chi connectivity index (χ1n) is 7.83. The summed E-state index contributed by atoms with van der Waals surface area (Å²) < 4.78 is 0. The number of nitrogens with zero attached hydrogens (tertiary/aromatic N) is 2.